The van der Waals surface area contributed by atoms with E-state index in [1.165, 1.54) is 42.7 Å². The summed E-state index contributed by atoms with van der Waals surface area (Å²) in [7, 11) is -1.96. The highest BCUT2D eigenvalue weighted by Gasteiger charge is 2.25. The van der Waals surface area contributed by atoms with Gasteiger partial charge in [-0.15, -0.1) is 0 Å². The third kappa shape index (κ3) is 6.45. The third-order valence-electron chi connectivity index (χ3n) is 5.64. The van der Waals surface area contributed by atoms with Gasteiger partial charge in [-0.1, -0.05) is 30.4 Å². The molecule has 4 rings (SSSR count). The number of nitrogens with zero attached hydrogens (tertiary/aromatic N) is 2. The number of anilines is 1. The van der Waals surface area contributed by atoms with Crippen LogP contribution in [0.3, 0.4) is 0 Å². The zero-order chi connectivity index (χ0) is 28.0. The fourth-order valence-electron chi connectivity index (χ4n) is 3.61. The van der Waals surface area contributed by atoms with Crippen molar-refractivity contribution in [3.05, 3.63) is 71.8 Å². The van der Waals surface area contributed by atoms with Crippen molar-refractivity contribution in [2.24, 2.45) is 0 Å². The lowest BCUT2D eigenvalue weighted by molar-refractivity contribution is -0.123. The summed E-state index contributed by atoms with van der Waals surface area (Å²) in [6.07, 6.45) is -1.17. The van der Waals surface area contributed by atoms with Gasteiger partial charge >= 0.3 is 0 Å². The molecule has 0 aliphatic rings. The number of carbonyl (C=O) groups is 1. The number of aromatic nitrogens is 1. The summed E-state index contributed by atoms with van der Waals surface area (Å²) in [5, 5.41) is 12.1. The highest BCUT2D eigenvalue weighted by molar-refractivity contribution is 7.91. The third-order valence-corrected chi connectivity index (χ3v) is 8.32. The minimum atomic E-state index is -3.43. The lowest BCUT2D eigenvalue weighted by Crippen LogP contribution is -2.25. The number of rotatable bonds is 11. The number of carbonyl (C=O) groups excluding carboxylic acids is 1. The average Bonchev–Trinajstić information content (AvgIpc) is 3.35. The maximum Gasteiger partial charge on any atom is 0.271 e. The average molecular weight is 570 g/mol. The standard InChI is InChI=1S/C27H24FN3O6S2/c1-3-39(33,34)20-10-6-18(7-11-20)25(37-19-8-4-17(16-29)5-9-19)26(32)31-27-30-21-14-23(36-13-12-28)22(35-2)15-24(21)38-27/h4-11,14-15,25H,3,12-13H2,1-2H3,(H,30,31,32). The van der Waals surface area contributed by atoms with Crippen molar-refractivity contribution >= 4 is 42.4 Å². The van der Waals surface area contributed by atoms with Crippen LogP contribution >= 0.6 is 11.3 Å². The molecule has 0 saturated heterocycles. The molecule has 9 nitrogen and oxygen atoms in total. The molecule has 202 valence electrons. The lowest BCUT2D eigenvalue weighted by Gasteiger charge is -2.19. The van der Waals surface area contributed by atoms with Gasteiger partial charge in [0, 0.05) is 17.7 Å². The van der Waals surface area contributed by atoms with E-state index < -0.39 is 28.5 Å². The number of hydrogen-bond acceptors (Lipinski definition) is 9. The minimum absolute atomic E-state index is 0.0546. The summed E-state index contributed by atoms with van der Waals surface area (Å²) < 4.78 is 54.5. The van der Waals surface area contributed by atoms with Crippen molar-refractivity contribution in [3.8, 4) is 23.3 Å². The Kier molecular flexibility index (Phi) is 8.63. The Morgan fingerprint density at radius 3 is 2.46 bits per heavy atom. The van der Waals surface area contributed by atoms with Gasteiger partial charge in [0.25, 0.3) is 5.91 Å². The Balaban J connectivity index is 1.64. The zero-order valence-electron chi connectivity index (χ0n) is 21.0. The number of methoxy groups -OCH3 is 1. The molecule has 0 spiro atoms. The Bertz CT molecular complexity index is 1610. The number of halogens is 1. The molecule has 0 radical (unpaired) electrons. The summed E-state index contributed by atoms with van der Waals surface area (Å²) in [5.74, 6) is 0.464. The second-order valence-corrected chi connectivity index (χ2v) is 11.4. The lowest BCUT2D eigenvalue weighted by atomic mass is 10.1. The summed E-state index contributed by atoms with van der Waals surface area (Å²) in [4.78, 5) is 18.0. The van der Waals surface area contributed by atoms with E-state index >= 15 is 0 Å². The van der Waals surface area contributed by atoms with Gasteiger partial charge < -0.3 is 14.2 Å². The first-order valence-electron chi connectivity index (χ1n) is 11.8. The van der Waals surface area contributed by atoms with E-state index in [1.54, 1.807) is 43.3 Å². The van der Waals surface area contributed by atoms with Gasteiger partial charge in [-0.25, -0.2) is 17.8 Å². The summed E-state index contributed by atoms with van der Waals surface area (Å²) in [6, 6.07) is 17.5. The van der Waals surface area contributed by atoms with Crippen LogP contribution in [0.25, 0.3) is 10.2 Å². The van der Waals surface area contributed by atoms with E-state index in [4.69, 9.17) is 19.5 Å². The summed E-state index contributed by atoms with van der Waals surface area (Å²) in [5.41, 5.74) is 1.36. The van der Waals surface area contributed by atoms with Gasteiger partial charge in [0.05, 0.1) is 39.6 Å². The second kappa shape index (κ2) is 12.1. The summed E-state index contributed by atoms with van der Waals surface area (Å²) >= 11 is 1.20. The molecular weight excluding hydrogens is 545 g/mol. The van der Waals surface area contributed by atoms with Crippen molar-refractivity contribution in [3.63, 3.8) is 0 Å². The van der Waals surface area contributed by atoms with Crippen LogP contribution in [-0.4, -0.2) is 45.5 Å². The first-order chi connectivity index (χ1) is 18.8. The number of sulfone groups is 1. The van der Waals surface area contributed by atoms with Gasteiger partial charge in [-0.2, -0.15) is 5.26 Å². The summed E-state index contributed by atoms with van der Waals surface area (Å²) in [6.45, 7) is 0.755. The number of nitrogens with one attached hydrogen (secondary N) is 1. The number of amides is 1. The van der Waals surface area contributed by atoms with Crippen molar-refractivity contribution in [2.75, 3.05) is 31.5 Å². The van der Waals surface area contributed by atoms with Crippen LogP contribution in [0, 0.1) is 11.3 Å². The number of ether oxygens (including phenoxy) is 3. The number of thiazole rings is 1. The molecule has 4 aromatic rings. The second-order valence-electron chi connectivity index (χ2n) is 8.12. The normalized spacial score (nSPS) is 11.9. The Morgan fingerprint density at radius 2 is 1.85 bits per heavy atom. The maximum atomic E-state index is 13.5. The van der Waals surface area contributed by atoms with Crippen LogP contribution in [0.1, 0.15) is 24.2 Å². The van der Waals surface area contributed by atoms with Crippen molar-refractivity contribution < 1.29 is 31.8 Å². The molecule has 0 aliphatic heterocycles. The SMILES string of the molecule is CCS(=O)(=O)c1ccc(C(Oc2ccc(C#N)cc2)C(=O)Nc2nc3cc(OCCF)c(OC)cc3s2)cc1. The minimum Gasteiger partial charge on any atom is -0.493 e. The van der Waals surface area contributed by atoms with Crippen LogP contribution in [0.15, 0.2) is 65.6 Å². The van der Waals surface area contributed by atoms with Gasteiger partial charge in [0.2, 0.25) is 6.10 Å². The molecule has 0 saturated carbocycles. The van der Waals surface area contributed by atoms with Crippen LogP contribution < -0.4 is 19.5 Å². The molecule has 0 bridgehead atoms. The Morgan fingerprint density at radius 1 is 1.13 bits per heavy atom. The number of benzene rings is 3. The Labute approximate surface area is 228 Å². The quantitative estimate of drug-likeness (QED) is 0.265. The predicted molar refractivity (Wildman–Crippen MR) is 145 cm³/mol. The molecule has 1 aromatic heterocycles. The zero-order valence-corrected chi connectivity index (χ0v) is 22.6. The molecule has 12 heteroatoms. The van der Waals surface area contributed by atoms with E-state index in [1.807, 2.05) is 6.07 Å². The van der Waals surface area contributed by atoms with E-state index in [0.29, 0.717) is 38.6 Å². The van der Waals surface area contributed by atoms with E-state index in [2.05, 4.69) is 10.3 Å². The van der Waals surface area contributed by atoms with Gasteiger partial charge in [-0.3, -0.25) is 10.1 Å². The molecule has 3 aromatic carbocycles. The van der Waals surface area contributed by atoms with Gasteiger partial charge in [0.15, 0.2) is 26.5 Å². The predicted octanol–water partition coefficient (Wildman–Crippen LogP) is 5.08. The molecule has 1 heterocycles. The van der Waals surface area contributed by atoms with Crippen LogP contribution in [-0.2, 0) is 14.6 Å². The fraction of sp³-hybridized carbons (Fsp3) is 0.222. The Hall–Kier alpha value is -4.21. The topological polar surface area (TPSA) is 128 Å². The molecule has 1 unspecified atom stereocenters. The highest BCUT2D eigenvalue weighted by Crippen LogP contribution is 2.37. The molecule has 0 fully saturated rings. The van der Waals surface area contributed by atoms with Crippen molar-refractivity contribution in [1.29, 1.82) is 5.26 Å². The first-order valence-corrected chi connectivity index (χ1v) is 14.2. The maximum absolute atomic E-state index is 13.5. The first kappa shape index (κ1) is 27.8. The van der Waals surface area contributed by atoms with Gasteiger partial charge in [-0.05, 0) is 36.4 Å². The fourth-order valence-corrected chi connectivity index (χ4v) is 5.38. The molecular formula is C27H24FN3O6S2. The molecule has 1 N–H and O–H groups in total. The van der Waals surface area contributed by atoms with E-state index in [0.717, 1.165) is 0 Å². The number of alkyl halides is 1. The van der Waals surface area contributed by atoms with Gasteiger partial charge in [0.1, 0.15) is 19.0 Å². The largest absolute Gasteiger partial charge is 0.493 e. The molecule has 1 atom stereocenters. The number of fused-ring (bicyclic) bond motifs is 1. The molecule has 0 aliphatic carbocycles. The number of nitriles is 1. The van der Waals surface area contributed by atoms with Crippen LogP contribution in [0.5, 0.6) is 17.2 Å². The number of hydrogen-bond donors (Lipinski definition) is 1. The molecule has 1 amide bonds. The molecule has 39 heavy (non-hydrogen) atoms. The van der Waals surface area contributed by atoms with E-state index in [-0.39, 0.29) is 22.4 Å². The monoisotopic (exact) mass is 569 g/mol. The van der Waals surface area contributed by atoms with Crippen molar-refractivity contribution in [2.45, 2.75) is 17.9 Å². The van der Waals surface area contributed by atoms with Crippen LogP contribution in [0.2, 0.25) is 0 Å². The highest BCUT2D eigenvalue weighted by atomic mass is 32.2. The van der Waals surface area contributed by atoms with Crippen molar-refractivity contribution in [1.82, 2.24) is 4.98 Å². The van der Waals surface area contributed by atoms with Crippen LogP contribution in [0.4, 0.5) is 9.52 Å². The smallest absolute Gasteiger partial charge is 0.271 e. The van der Waals surface area contributed by atoms with E-state index in [9.17, 15) is 17.6 Å².